The van der Waals surface area contributed by atoms with E-state index in [1.54, 1.807) is 6.26 Å². The molecule has 0 bridgehead atoms. The van der Waals surface area contributed by atoms with Gasteiger partial charge in [0.2, 0.25) is 0 Å². The van der Waals surface area contributed by atoms with Gasteiger partial charge in [0.1, 0.15) is 6.04 Å². The van der Waals surface area contributed by atoms with Crippen LogP contribution in [0.4, 0.5) is 0 Å². The number of benzene rings is 1. The highest BCUT2D eigenvalue weighted by Gasteiger charge is 2.17. The predicted octanol–water partition coefficient (Wildman–Crippen LogP) is 2.66. The average molecular weight is 327 g/mol. The lowest BCUT2D eigenvalue weighted by Gasteiger charge is -2.20. The fourth-order valence-electron chi connectivity index (χ4n) is 3.36. The van der Waals surface area contributed by atoms with Gasteiger partial charge < -0.3 is 15.1 Å². The first kappa shape index (κ1) is 16.8. The molecule has 1 aliphatic rings. The number of nitrogens with one attached hydrogen (secondary N) is 1. The molecule has 4 nitrogen and oxygen atoms in total. The van der Waals surface area contributed by atoms with E-state index >= 15 is 0 Å². The standard InChI is InChI=1S/C20H26N2O2/c1-14(17-10-9-16-6-3-4-7-18(16)12-17)22-20(23)13-21-15(2)19-8-5-11-24-19/h5,8-12,14-15,21H,3-4,6-7,13H2,1-2H3,(H,22,23)/p+1/t14-,15-/m1/s1. The number of hydrogen-bond acceptors (Lipinski definition) is 2. The van der Waals surface area contributed by atoms with Gasteiger partial charge in [0.05, 0.1) is 12.3 Å². The molecule has 0 fully saturated rings. The molecule has 2 aromatic rings. The maximum absolute atomic E-state index is 12.2. The molecular weight excluding hydrogens is 300 g/mol. The minimum absolute atomic E-state index is 0.0389. The maximum Gasteiger partial charge on any atom is 0.275 e. The highest BCUT2D eigenvalue weighted by Crippen LogP contribution is 2.24. The van der Waals surface area contributed by atoms with Crippen LogP contribution in [0, 0.1) is 0 Å². The monoisotopic (exact) mass is 327 g/mol. The van der Waals surface area contributed by atoms with E-state index in [0.717, 1.165) is 12.2 Å². The molecule has 1 aromatic heterocycles. The quantitative estimate of drug-likeness (QED) is 0.857. The van der Waals surface area contributed by atoms with E-state index in [2.05, 4.69) is 30.4 Å². The van der Waals surface area contributed by atoms with Crippen LogP contribution < -0.4 is 10.6 Å². The molecule has 128 valence electrons. The normalized spacial score (nSPS) is 16.2. The van der Waals surface area contributed by atoms with E-state index in [9.17, 15) is 4.79 Å². The molecule has 1 aliphatic carbocycles. The molecule has 2 atom stereocenters. The van der Waals surface area contributed by atoms with Crippen molar-refractivity contribution in [1.82, 2.24) is 5.32 Å². The SMILES string of the molecule is C[C@@H](NC(=O)C[NH2+][C@H](C)c1ccco1)c1ccc2c(c1)CCCC2. The number of fused-ring (bicyclic) bond motifs is 1. The molecular formula is C20H27N2O2+. The van der Waals surface area contributed by atoms with E-state index in [-0.39, 0.29) is 18.0 Å². The van der Waals surface area contributed by atoms with Crippen LogP contribution in [0.2, 0.25) is 0 Å². The third kappa shape index (κ3) is 4.06. The van der Waals surface area contributed by atoms with E-state index in [1.165, 1.54) is 36.0 Å². The Kier molecular flexibility index (Phi) is 5.36. The Hall–Kier alpha value is -2.07. The van der Waals surface area contributed by atoms with Crippen molar-refractivity contribution in [2.75, 3.05) is 6.54 Å². The summed E-state index contributed by atoms with van der Waals surface area (Å²) in [6.45, 7) is 4.49. The first-order valence-electron chi connectivity index (χ1n) is 8.91. The highest BCUT2D eigenvalue weighted by atomic mass is 16.3. The van der Waals surface area contributed by atoms with Gasteiger partial charge in [0.15, 0.2) is 12.3 Å². The topological polar surface area (TPSA) is 58.9 Å². The Morgan fingerprint density at radius 1 is 1.21 bits per heavy atom. The van der Waals surface area contributed by atoms with Crippen LogP contribution in [0.25, 0.3) is 0 Å². The lowest BCUT2D eigenvalue weighted by molar-refractivity contribution is -0.684. The van der Waals surface area contributed by atoms with E-state index in [0.29, 0.717) is 6.54 Å². The summed E-state index contributed by atoms with van der Waals surface area (Å²) in [6.07, 6.45) is 6.59. The number of rotatable bonds is 6. The summed E-state index contributed by atoms with van der Waals surface area (Å²) in [4.78, 5) is 12.2. The van der Waals surface area contributed by atoms with Crippen LogP contribution >= 0.6 is 0 Å². The van der Waals surface area contributed by atoms with Gasteiger partial charge in [0.25, 0.3) is 5.91 Å². The van der Waals surface area contributed by atoms with Crippen molar-refractivity contribution in [3.05, 3.63) is 59.0 Å². The summed E-state index contributed by atoms with van der Waals surface area (Å²) in [5, 5.41) is 5.10. The lowest BCUT2D eigenvalue weighted by Crippen LogP contribution is -2.87. The van der Waals surface area contributed by atoms with Crippen LogP contribution in [-0.2, 0) is 17.6 Å². The zero-order valence-corrected chi connectivity index (χ0v) is 14.5. The van der Waals surface area contributed by atoms with Crippen LogP contribution in [0.15, 0.2) is 41.0 Å². The molecule has 3 rings (SSSR count). The van der Waals surface area contributed by atoms with Crippen molar-refractivity contribution in [2.45, 2.75) is 51.6 Å². The maximum atomic E-state index is 12.2. The van der Waals surface area contributed by atoms with Crippen molar-refractivity contribution in [3.8, 4) is 0 Å². The summed E-state index contributed by atoms with van der Waals surface area (Å²) < 4.78 is 5.37. The lowest BCUT2D eigenvalue weighted by atomic mass is 9.89. The van der Waals surface area contributed by atoms with Gasteiger partial charge in [0, 0.05) is 0 Å². The zero-order chi connectivity index (χ0) is 16.9. The minimum atomic E-state index is 0.0389. The number of hydrogen-bond donors (Lipinski definition) is 2. The Labute approximate surface area is 143 Å². The van der Waals surface area contributed by atoms with Crippen LogP contribution in [0.1, 0.15) is 61.2 Å². The van der Waals surface area contributed by atoms with Gasteiger partial charge in [-0.15, -0.1) is 0 Å². The summed E-state index contributed by atoms with van der Waals surface area (Å²) in [5.74, 6) is 0.948. The van der Waals surface area contributed by atoms with E-state index in [4.69, 9.17) is 4.42 Å². The second-order valence-electron chi connectivity index (χ2n) is 6.77. The summed E-state index contributed by atoms with van der Waals surface area (Å²) in [7, 11) is 0. The minimum Gasteiger partial charge on any atom is -0.463 e. The van der Waals surface area contributed by atoms with Crippen molar-refractivity contribution >= 4 is 5.91 Å². The van der Waals surface area contributed by atoms with Gasteiger partial charge in [-0.3, -0.25) is 4.79 Å². The number of aryl methyl sites for hydroxylation is 2. The van der Waals surface area contributed by atoms with Gasteiger partial charge in [-0.25, -0.2) is 0 Å². The molecule has 1 aromatic carbocycles. The number of quaternary nitrogens is 1. The van der Waals surface area contributed by atoms with Crippen LogP contribution in [0.3, 0.4) is 0 Å². The Morgan fingerprint density at radius 3 is 2.75 bits per heavy atom. The predicted molar refractivity (Wildman–Crippen MR) is 93.6 cm³/mol. The zero-order valence-electron chi connectivity index (χ0n) is 14.5. The molecule has 4 heteroatoms. The molecule has 0 saturated heterocycles. The van der Waals surface area contributed by atoms with E-state index in [1.807, 2.05) is 24.4 Å². The number of carbonyl (C=O) groups excluding carboxylic acids is 1. The summed E-state index contributed by atoms with van der Waals surface area (Å²) >= 11 is 0. The molecule has 1 heterocycles. The molecule has 3 N–H and O–H groups in total. The van der Waals surface area contributed by atoms with Gasteiger partial charge in [-0.1, -0.05) is 18.2 Å². The average Bonchev–Trinajstić information content (AvgIpc) is 3.14. The second-order valence-corrected chi connectivity index (χ2v) is 6.77. The van der Waals surface area contributed by atoms with E-state index < -0.39 is 0 Å². The molecule has 0 unspecified atom stereocenters. The van der Waals surface area contributed by atoms with Crippen molar-refractivity contribution < 1.29 is 14.5 Å². The first-order chi connectivity index (χ1) is 11.6. The number of furan rings is 1. The van der Waals surface area contributed by atoms with Crippen molar-refractivity contribution in [2.24, 2.45) is 0 Å². The number of amides is 1. The van der Waals surface area contributed by atoms with Crippen molar-refractivity contribution in [1.29, 1.82) is 0 Å². The fraction of sp³-hybridized carbons (Fsp3) is 0.450. The number of nitrogens with two attached hydrogens (primary N) is 1. The third-order valence-electron chi connectivity index (χ3n) is 4.90. The van der Waals surface area contributed by atoms with Gasteiger partial charge in [-0.05, 0) is 68.4 Å². The Balaban J connectivity index is 1.52. The van der Waals surface area contributed by atoms with Gasteiger partial charge in [-0.2, -0.15) is 0 Å². The number of carbonyl (C=O) groups is 1. The molecule has 1 amide bonds. The Morgan fingerprint density at radius 2 is 2.00 bits per heavy atom. The molecule has 0 aliphatic heterocycles. The largest absolute Gasteiger partial charge is 0.463 e. The highest BCUT2D eigenvalue weighted by molar-refractivity contribution is 5.77. The Bertz CT molecular complexity index is 679. The summed E-state index contributed by atoms with van der Waals surface area (Å²) in [5.41, 5.74) is 4.13. The van der Waals surface area contributed by atoms with Crippen molar-refractivity contribution in [3.63, 3.8) is 0 Å². The van der Waals surface area contributed by atoms with Crippen LogP contribution in [0.5, 0.6) is 0 Å². The molecule has 0 radical (unpaired) electrons. The molecule has 0 saturated carbocycles. The molecule has 0 spiro atoms. The smallest absolute Gasteiger partial charge is 0.275 e. The second kappa shape index (κ2) is 7.67. The first-order valence-corrected chi connectivity index (χ1v) is 8.91. The van der Waals surface area contributed by atoms with Crippen LogP contribution in [-0.4, -0.2) is 12.5 Å². The molecule has 24 heavy (non-hydrogen) atoms. The fourth-order valence-corrected chi connectivity index (χ4v) is 3.36. The third-order valence-corrected chi connectivity index (χ3v) is 4.90. The summed E-state index contributed by atoms with van der Waals surface area (Å²) in [6, 6.07) is 10.7. The van der Waals surface area contributed by atoms with Gasteiger partial charge >= 0.3 is 0 Å².